The van der Waals surface area contributed by atoms with Gasteiger partial charge in [-0.15, -0.1) is 0 Å². The molecule has 0 amide bonds. The minimum Gasteiger partial charge on any atom is -0.508 e. The molecule has 0 bridgehead atoms. The van der Waals surface area contributed by atoms with Gasteiger partial charge in [0.15, 0.2) is 0 Å². The molecule has 3 N–H and O–H groups in total. The number of carboxylic acid groups (broad SMARTS) is 1. The zero-order valence-electron chi connectivity index (χ0n) is 11.1. The molecule has 0 fully saturated rings. The molecule has 0 saturated carbocycles. The maximum absolute atomic E-state index is 10.3. The van der Waals surface area contributed by atoms with E-state index in [4.69, 9.17) is 5.11 Å². The van der Waals surface area contributed by atoms with Crippen molar-refractivity contribution in [1.82, 2.24) is 0 Å². The number of hydrogen-bond acceptors (Lipinski definition) is 3. The van der Waals surface area contributed by atoms with E-state index in [1.54, 1.807) is 26.0 Å². The number of aromatic hydroxyl groups is 1. The minimum absolute atomic E-state index is 0.0555. The van der Waals surface area contributed by atoms with Crippen molar-refractivity contribution >= 4 is 12.0 Å². The molecule has 0 heterocycles. The molecule has 0 spiro atoms. The van der Waals surface area contributed by atoms with Crippen LogP contribution in [0.1, 0.15) is 38.8 Å². The summed E-state index contributed by atoms with van der Waals surface area (Å²) in [6.07, 6.45) is 2.36. The molecular weight excluding hydrogens is 232 g/mol. The Hall–Kier alpha value is -1.81. The van der Waals surface area contributed by atoms with E-state index in [9.17, 15) is 15.0 Å². The maximum Gasteiger partial charge on any atom is 0.328 e. The molecule has 0 aliphatic heterocycles. The van der Waals surface area contributed by atoms with E-state index >= 15 is 0 Å². The van der Waals surface area contributed by atoms with Crippen molar-refractivity contribution in [3.8, 4) is 5.75 Å². The number of aliphatic carboxylic acids is 1. The van der Waals surface area contributed by atoms with Crippen LogP contribution in [0.5, 0.6) is 5.75 Å². The molecule has 0 unspecified atom stereocenters. The van der Waals surface area contributed by atoms with Crippen molar-refractivity contribution in [1.29, 1.82) is 0 Å². The van der Waals surface area contributed by atoms with Crippen molar-refractivity contribution in [3.05, 3.63) is 35.4 Å². The van der Waals surface area contributed by atoms with Gasteiger partial charge in [0.05, 0.1) is 5.60 Å². The first kappa shape index (κ1) is 16.2. The highest BCUT2D eigenvalue weighted by Crippen LogP contribution is 2.29. The van der Waals surface area contributed by atoms with Gasteiger partial charge in [-0.3, -0.25) is 0 Å². The van der Waals surface area contributed by atoms with Crippen LogP contribution in [0, 0.1) is 0 Å². The second-order valence-electron chi connectivity index (χ2n) is 4.01. The van der Waals surface area contributed by atoms with Gasteiger partial charge in [-0.1, -0.05) is 26.0 Å². The lowest BCUT2D eigenvalue weighted by Gasteiger charge is -2.19. The first-order valence-electron chi connectivity index (χ1n) is 5.77. The first-order chi connectivity index (χ1) is 8.30. The molecule has 0 aromatic heterocycles. The second kappa shape index (κ2) is 6.81. The number of benzene rings is 1. The lowest BCUT2D eigenvalue weighted by Crippen LogP contribution is -2.15. The Kier molecular flexibility index (Phi) is 6.13. The smallest absolute Gasteiger partial charge is 0.328 e. The zero-order chi connectivity index (χ0) is 14.3. The van der Waals surface area contributed by atoms with Gasteiger partial charge in [-0.05, 0) is 31.6 Å². The van der Waals surface area contributed by atoms with Gasteiger partial charge in [0.2, 0.25) is 0 Å². The van der Waals surface area contributed by atoms with Crippen molar-refractivity contribution in [2.75, 3.05) is 0 Å². The molecule has 0 radical (unpaired) electrons. The van der Waals surface area contributed by atoms with E-state index in [2.05, 4.69) is 0 Å². The predicted octanol–water partition coefficient (Wildman–Crippen LogP) is 2.74. The SMILES string of the molecule is CC.CC(C)(O)c1ccc(/C=C/C(=O)O)cc1O. The minimum atomic E-state index is -1.13. The largest absolute Gasteiger partial charge is 0.508 e. The average molecular weight is 252 g/mol. The Labute approximate surface area is 107 Å². The quantitative estimate of drug-likeness (QED) is 0.723. The van der Waals surface area contributed by atoms with Crippen LogP contribution >= 0.6 is 0 Å². The summed E-state index contributed by atoms with van der Waals surface area (Å²) in [6.45, 7) is 7.13. The fourth-order valence-corrected chi connectivity index (χ4v) is 1.34. The van der Waals surface area contributed by atoms with E-state index in [0.717, 1.165) is 6.08 Å². The van der Waals surface area contributed by atoms with Crippen LogP contribution in [0.25, 0.3) is 6.08 Å². The van der Waals surface area contributed by atoms with Crippen LogP contribution in [-0.2, 0) is 10.4 Å². The topological polar surface area (TPSA) is 77.8 Å². The molecule has 1 aromatic rings. The average Bonchev–Trinajstić information content (AvgIpc) is 2.27. The zero-order valence-corrected chi connectivity index (χ0v) is 11.1. The molecule has 1 rings (SSSR count). The van der Waals surface area contributed by atoms with Crippen molar-refractivity contribution in [3.63, 3.8) is 0 Å². The van der Waals surface area contributed by atoms with Crippen molar-refractivity contribution < 1.29 is 20.1 Å². The third-order valence-corrected chi connectivity index (χ3v) is 2.10. The lowest BCUT2D eigenvalue weighted by molar-refractivity contribution is -0.131. The maximum atomic E-state index is 10.3. The monoisotopic (exact) mass is 252 g/mol. The summed E-state index contributed by atoms with van der Waals surface area (Å²) in [5.41, 5.74) is -0.160. The summed E-state index contributed by atoms with van der Waals surface area (Å²) in [5.74, 6) is -1.11. The number of aliphatic hydroxyl groups is 1. The summed E-state index contributed by atoms with van der Waals surface area (Å²) in [5, 5.41) is 27.8. The van der Waals surface area contributed by atoms with Gasteiger partial charge in [0.25, 0.3) is 0 Å². The molecule has 1 aromatic carbocycles. The summed E-state index contributed by atoms with van der Waals surface area (Å²) < 4.78 is 0. The third-order valence-electron chi connectivity index (χ3n) is 2.10. The molecular formula is C14H20O4. The van der Waals surface area contributed by atoms with E-state index in [1.807, 2.05) is 13.8 Å². The number of rotatable bonds is 3. The van der Waals surface area contributed by atoms with Crippen LogP contribution in [0.3, 0.4) is 0 Å². The van der Waals surface area contributed by atoms with Crippen molar-refractivity contribution in [2.45, 2.75) is 33.3 Å². The van der Waals surface area contributed by atoms with Crippen LogP contribution in [0.4, 0.5) is 0 Å². The number of carboxylic acids is 1. The normalized spacial score (nSPS) is 10.9. The number of hydrogen-bond donors (Lipinski definition) is 3. The Morgan fingerprint density at radius 2 is 1.83 bits per heavy atom. The van der Waals surface area contributed by atoms with Gasteiger partial charge in [-0.25, -0.2) is 4.79 Å². The summed E-state index contributed by atoms with van der Waals surface area (Å²) >= 11 is 0. The van der Waals surface area contributed by atoms with E-state index in [-0.39, 0.29) is 5.75 Å². The standard InChI is InChI=1S/C12H14O4.C2H6/c1-12(2,16)9-5-3-8(7-10(9)13)4-6-11(14)15;1-2/h3-7,13,16H,1-2H3,(H,14,15);1-2H3/b6-4+;. The molecule has 4 heteroatoms. The molecule has 100 valence electrons. The molecule has 0 aliphatic carbocycles. The molecule has 0 atom stereocenters. The fourth-order valence-electron chi connectivity index (χ4n) is 1.34. The first-order valence-corrected chi connectivity index (χ1v) is 5.77. The third kappa shape index (κ3) is 5.01. The Morgan fingerprint density at radius 1 is 1.28 bits per heavy atom. The number of phenols is 1. The Bertz CT molecular complexity index is 428. The molecule has 18 heavy (non-hydrogen) atoms. The summed E-state index contributed by atoms with van der Waals surface area (Å²) in [6, 6.07) is 4.61. The highest BCUT2D eigenvalue weighted by molar-refractivity contribution is 5.85. The Morgan fingerprint density at radius 3 is 2.22 bits per heavy atom. The van der Waals surface area contributed by atoms with Gasteiger partial charge in [0.1, 0.15) is 5.75 Å². The Balaban J connectivity index is 0.00000137. The van der Waals surface area contributed by atoms with Gasteiger partial charge < -0.3 is 15.3 Å². The van der Waals surface area contributed by atoms with Crippen LogP contribution < -0.4 is 0 Å². The lowest BCUT2D eigenvalue weighted by atomic mass is 9.96. The highest BCUT2D eigenvalue weighted by Gasteiger charge is 2.19. The highest BCUT2D eigenvalue weighted by atomic mass is 16.4. The second-order valence-corrected chi connectivity index (χ2v) is 4.01. The molecule has 0 saturated heterocycles. The van der Waals surface area contributed by atoms with E-state index in [0.29, 0.717) is 11.1 Å². The van der Waals surface area contributed by atoms with Crippen molar-refractivity contribution in [2.24, 2.45) is 0 Å². The summed E-state index contributed by atoms with van der Waals surface area (Å²) in [7, 11) is 0. The summed E-state index contributed by atoms with van der Waals surface area (Å²) in [4.78, 5) is 10.3. The van der Waals surface area contributed by atoms with Crippen LogP contribution in [0.15, 0.2) is 24.3 Å². The van der Waals surface area contributed by atoms with Crippen LogP contribution in [-0.4, -0.2) is 21.3 Å². The number of carbonyl (C=O) groups is 1. The van der Waals surface area contributed by atoms with E-state index in [1.165, 1.54) is 12.1 Å². The van der Waals surface area contributed by atoms with Gasteiger partial charge in [0, 0.05) is 11.6 Å². The predicted molar refractivity (Wildman–Crippen MR) is 71.4 cm³/mol. The molecule has 0 aliphatic rings. The fraction of sp³-hybridized carbons (Fsp3) is 0.357. The number of phenolic OH excluding ortho intramolecular Hbond substituents is 1. The van der Waals surface area contributed by atoms with Gasteiger partial charge in [-0.2, -0.15) is 0 Å². The van der Waals surface area contributed by atoms with Gasteiger partial charge >= 0.3 is 5.97 Å². The molecule has 4 nitrogen and oxygen atoms in total. The van der Waals surface area contributed by atoms with Crippen LogP contribution in [0.2, 0.25) is 0 Å². The van der Waals surface area contributed by atoms with E-state index < -0.39 is 11.6 Å².